The number of benzene rings is 1. The number of aryl methyl sites for hydroxylation is 1. The minimum Gasteiger partial charge on any atom is -0.316 e. The number of nitriles is 1. The highest BCUT2D eigenvalue weighted by Gasteiger charge is 2.22. The molecule has 2 aromatic rings. The number of hydrogen-bond acceptors (Lipinski definition) is 3. The molecule has 1 amide bonds. The van der Waals surface area contributed by atoms with Gasteiger partial charge in [-0.05, 0) is 42.5 Å². The summed E-state index contributed by atoms with van der Waals surface area (Å²) in [5.41, 5.74) is 2.76. The van der Waals surface area contributed by atoms with Gasteiger partial charge in [-0.1, -0.05) is 28.1 Å². The van der Waals surface area contributed by atoms with Crippen molar-refractivity contribution in [1.82, 2.24) is 0 Å². The van der Waals surface area contributed by atoms with Crippen LogP contribution in [0.2, 0.25) is 0 Å². The molecule has 1 aromatic heterocycles. The van der Waals surface area contributed by atoms with Gasteiger partial charge >= 0.3 is 0 Å². The van der Waals surface area contributed by atoms with E-state index in [0.29, 0.717) is 17.0 Å². The smallest absolute Gasteiger partial charge is 0.229 e. The summed E-state index contributed by atoms with van der Waals surface area (Å²) >= 11 is 4.93. The van der Waals surface area contributed by atoms with Crippen LogP contribution in [0, 0.1) is 11.3 Å². The fourth-order valence-corrected chi connectivity index (χ4v) is 4.09. The van der Waals surface area contributed by atoms with Gasteiger partial charge in [-0.25, -0.2) is 0 Å². The van der Waals surface area contributed by atoms with Gasteiger partial charge in [-0.15, -0.1) is 11.3 Å². The first-order valence-electron chi connectivity index (χ1n) is 6.76. The van der Waals surface area contributed by atoms with E-state index in [4.69, 9.17) is 0 Å². The standard InChI is InChI=1S/C16H13BrN2OS/c17-11-6-4-10(5-7-11)8-15(20)19-16-13(9-18)12-2-1-3-14(12)21-16/h4-7H,1-3,8H2,(H,19,20). The van der Waals surface area contributed by atoms with Crippen LogP contribution in [0.15, 0.2) is 28.7 Å². The van der Waals surface area contributed by atoms with Crippen molar-refractivity contribution in [2.24, 2.45) is 0 Å². The first-order chi connectivity index (χ1) is 10.2. The Balaban J connectivity index is 1.73. The van der Waals surface area contributed by atoms with E-state index in [1.807, 2.05) is 24.3 Å². The highest BCUT2D eigenvalue weighted by atomic mass is 79.9. The van der Waals surface area contributed by atoms with Gasteiger partial charge in [0.2, 0.25) is 5.91 Å². The molecule has 0 radical (unpaired) electrons. The van der Waals surface area contributed by atoms with Crippen molar-refractivity contribution < 1.29 is 4.79 Å². The molecule has 0 aliphatic heterocycles. The lowest BCUT2D eigenvalue weighted by atomic mass is 10.1. The first-order valence-corrected chi connectivity index (χ1v) is 8.37. The lowest BCUT2D eigenvalue weighted by Gasteiger charge is -2.04. The van der Waals surface area contributed by atoms with Crippen LogP contribution in [-0.4, -0.2) is 5.91 Å². The number of anilines is 1. The second-order valence-electron chi connectivity index (χ2n) is 5.02. The van der Waals surface area contributed by atoms with Crippen LogP contribution >= 0.6 is 27.3 Å². The molecule has 106 valence electrons. The van der Waals surface area contributed by atoms with Crippen LogP contribution in [0.3, 0.4) is 0 Å². The van der Waals surface area contributed by atoms with Crippen LogP contribution < -0.4 is 5.32 Å². The average molecular weight is 361 g/mol. The molecule has 1 N–H and O–H groups in total. The second kappa shape index (κ2) is 6.00. The molecule has 1 heterocycles. The number of nitrogens with zero attached hydrogens (tertiary/aromatic N) is 1. The van der Waals surface area contributed by atoms with Crippen molar-refractivity contribution in [2.45, 2.75) is 25.7 Å². The average Bonchev–Trinajstić information content (AvgIpc) is 3.01. The summed E-state index contributed by atoms with van der Waals surface area (Å²) in [6.45, 7) is 0. The van der Waals surface area contributed by atoms with E-state index in [0.717, 1.165) is 34.9 Å². The van der Waals surface area contributed by atoms with E-state index in [1.54, 1.807) is 11.3 Å². The van der Waals surface area contributed by atoms with Crippen molar-refractivity contribution in [3.05, 3.63) is 50.3 Å². The highest BCUT2D eigenvalue weighted by molar-refractivity contribution is 9.10. The van der Waals surface area contributed by atoms with Crippen molar-refractivity contribution in [3.63, 3.8) is 0 Å². The summed E-state index contributed by atoms with van der Waals surface area (Å²) in [5.74, 6) is -0.0752. The number of amides is 1. The first kappa shape index (κ1) is 14.3. The largest absolute Gasteiger partial charge is 0.316 e. The quantitative estimate of drug-likeness (QED) is 0.897. The maximum absolute atomic E-state index is 12.1. The fourth-order valence-electron chi connectivity index (χ4n) is 2.57. The van der Waals surface area contributed by atoms with Crippen LogP contribution in [0.25, 0.3) is 0 Å². The monoisotopic (exact) mass is 360 g/mol. The number of thiophene rings is 1. The van der Waals surface area contributed by atoms with Gasteiger partial charge in [-0.3, -0.25) is 4.79 Å². The summed E-state index contributed by atoms with van der Waals surface area (Å²) in [4.78, 5) is 13.4. The van der Waals surface area contributed by atoms with Crippen LogP contribution in [0.5, 0.6) is 0 Å². The minimum absolute atomic E-state index is 0.0752. The summed E-state index contributed by atoms with van der Waals surface area (Å²) < 4.78 is 0.994. The molecule has 3 nitrogen and oxygen atoms in total. The molecule has 0 bridgehead atoms. The minimum atomic E-state index is -0.0752. The summed E-state index contributed by atoms with van der Waals surface area (Å²) in [5, 5.41) is 12.9. The lowest BCUT2D eigenvalue weighted by molar-refractivity contribution is -0.115. The van der Waals surface area contributed by atoms with Crippen LogP contribution in [0.4, 0.5) is 5.00 Å². The Morgan fingerprint density at radius 3 is 2.81 bits per heavy atom. The Hall–Kier alpha value is -1.64. The summed E-state index contributed by atoms with van der Waals surface area (Å²) in [6.07, 6.45) is 3.41. The zero-order valence-corrected chi connectivity index (χ0v) is 13.7. The van der Waals surface area contributed by atoms with Crippen LogP contribution in [-0.2, 0) is 24.1 Å². The van der Waals surface area contributed by atoms with Crippen molar-refractivity contribution in [2.75, 3.05) is 5.32 Å². The number of halogens is 1. The summed E-state index contributed by atoms with van der Waals surface area (Å²) in [7, 11) is 0. The van der Waals surface area contributed by atoms with Gasteiger partial charge in [0.1, 0.15) is 11.1 Å². The maximum atomic E-state index is 12.1. The predicted molar refractivity (Wildman–Crippen MR) is 87.5 cm³/mol. The molecule has 1 aliphatic carbocycles. The lowest BCUT2D eigenvalue weighted by Crippen LogP contribution is -2.14. The third kappa shape index (κ3) is 3.02. The molecular weight excluding hydrogens is 348 g/mol. The molecule has 0 fully saturated rings. The van der Waals surface area contributed by atoms with Crippen molar-refractivity contribution in [1.29, 1.82) is 5.26 Å². The Labute approximate surface area is 135 Å². The molecule has 0 unspecified atom stereocenters. The predicted octanol–water partition coefficient (Wildman–Crippen LogP) is 4.05. The van der Waals surface area contributed by atoms with E-state index in [2.05, 4.69) is 27.3 Å². The number of nitrogens with one attached hydrogen (secondary N) is 1. The third-order valence-corrected chi connectivity index (χ3v) is 5.30. The third-order valence-electron chi connectivity index (χ3n) is 3.56. The van der Waals surface area contributed by atoms with Gasteiger partial charge in [-0.2, -0.15) is 5.26 Å². The van der Waals surface area contributed by atoms with Gasteiger partial charge in [0.25, 0.3) is 0 Å². The van der Waals surface area contributed by atoms with Crippen LogP contribution in [0.1, 0.15) is 28.0 Å². The molecule has 21 heavy (non-hydrogen) atoms. The normalized spacial score (nSPS) is 12.8. The maximum Gasteiger partial charge on any atom is 0.229 e. The molecule has 0 saturated carbocycles. The van der Waals surface area contributed by atoms with E-state index in [-0.39, 0.29) is 5.91 Å². The molecule has 0 saturated heterocycles. The van der Waals surface area contributed by atoms with Gasteiger partial charge in [0.15, 0.2) is 0 Å². The van der Waals surface area contributed by atoms with Gasteiger partial charge < -0.3 is 5.32 Å². The number of carbonyl (C=O) groups is 1. The zero-order valence-electron chi connectivity index (χ0n) is 11.3. The topological polar surface area (TPSA) is 52.9 Å². The van der Waals surface area contributed by atoms with E-state index in [9.17, 15) is 10.1 Å². The SMILES string of the molecule is N#Cc1c(NC(=O)Cc2ccc(Br)cc2)sc2c1CCC2. The Morgan fingerprint density at radius 2 is 2.10 bits per heavy atom. The summed E-state index contributed by atoms with van der Waals surface area (Å²) in [6, 6.07) is 9.92. The molecular formula is C16H13BrN2OS. The number of rotatable bonds is 3. The van der Waals surface area contributed by atoms with Crippen molar-refractivity contribution >= 4 is 38.2 Å². The number of hydrogen-bond donors (Lipinski definition) is 1. The molecule has 0 atom stereocenters. The Bertz CT molecular complexity index is 728. The van der Waals surface area contributed by atoms with E-state index in [1.165, 1.54) is 4.88 Å². The highest BCUT2D eigenvalue weighted by Crippen LogP contribution is 2.38. The molecule has 0 spiro atoms. The number of carbonyl (C=O) groups excluding carboxylic acids is 1. The Kier molecular flexibility index (Phi) is 4.09. The van der Waals surface area contributed by atoms with E-state index < -0.39 is 0 Å². The number of fused-ring (bicyclic) bond motifs is 1. The zero-order chi connectivity index (χ0) is 14.8. The molecule has 3 rings (SSSR count). The molecule has 1 aliphatic rings. The molecule has 1 aromatic carbocycles. The molecule has 5 heteroatoms. The Morgan fingerprint density at radius 1 is 1.33 bits per heavy atom. The second-order valence-corrected chi connectivity index (χ2v) is 7.05. The van der Waals surface area contributed by atoms with E-state index >= 15 is 0 Å². The van der Waals surface area contributed by atoms with Crippen molar-refractivity contribution in [3.8, 4) is 6.07 Å². The fraction of sp³-hybridized carbons (Fsp3) is 0.250. The van der Waals surface area contributed by atoms with Gasteiger partial charge in [0.05, 0.1) is 12.0 Å². The van der Waals surface area contributed by atoms with Gasteiger partial charge in [0, 0.05) is 9.35 Å².